The molecule has 2 atom stereocenters. The van der Waals surface area contributed by atoms with Crippen molar-refractivity contribution in [1.82, 2.24) is 0 Å². The molecule has 0 aliphatic carbocycles. The van der Waals surface area contributed by atoms with Crippen LogP contribution in [0.3, 0.4) is 0 Å². The summed E-state index contributed by atoms with van der Waals surface area (Å²) in [6.07, 6.45) is 4.14. The van der Waals surface area contributed by atoms with Gasteiger partial charge in [0.15, 0.2) is 11.9 Å². The number of aliphatic hydroxyl groups is 3. The highest BCUT2D eigenvalue weighted by Crippen LogP contribution is 2.25. The van der Waals surface area contributed by atoms with Crippen molar-refractivity contribution >= 4 is 5.97 Å². The van der Waals surface area contributed by atoms with E-state index in [2.05, 4.69) is 6.92 Å². The van der Waals surface area contributed by atoms with Crippen LogP contribution >= 0.6 is 0 Å². The van der Waals surface area contributed by atoms with Gasteiger partial charge in [-0.25, -0.2) is 4.79 Å². The van der Waals surface area contributed by atoms with Crippen molar-refractivity contribution in [3.63, 3.8) is 0 Å². The molecule has 0 aromatic rings. The van der Waals surface area contributed by atoms with E-state index < -0.39 is 30.5 Å². The highest BCUT2D eigenvalue weighted by atomic mass is 16.6. The van der Waals surface area contributed by atoms with Gasteiger partial charge >= 0.3 is 5.97 Å². The van der Waals surface area contributed by atoms with Crippen LogP contribution in [0.15, 0.2) is 11.5 Å². The van der Waals surface area contributed by atoms with Crippen LogP contribution in [0, 0.1) is 0 Å². The maximum absolute atomic E-state index is 11.2. The predicted octanol–water partition coefficient (Wildman–Crippen LogP) is 1.41. The second kappa shape index (κ2) is 8.81. The van der Waals surface area contributed by atoms with Crippen molar-refractivity contribution in [2.45, 2.75) is 57.7 Å². The standard InChI is InChI=1S/C14H24O6/c1-2-3-4-5-6-7-8-19-13-11(17)14(18)20-12(13)10(16)9-15/h10,12,15-17H,2-9H2,1H3. The summed E-state index contributed by atoms with van der Waals surface area (Å²) in [6, 6.07) is 0. The fourth-order valence-corrected chi connectivity index (χ4v) is 2.02. The van der Waals surface area contributed by atoms with Gasteiger partial charge in [0.25, 0.3) is 0 Å². The number of ether oxygens (including phenoxy) is 2. The normalized spacial score (nSPS) is 20.1. The Bertz CT molecular complexity index is 339. The molecule has 6 nitrogen and oxygen atoms in total. The molecule has 0 fully saturated rings. The summed E-state index contributed by atoms with van der Waals surface area (Å²) < 4.78 is 10.1. The molecule has 0 bridgehead atoms. The third-order valence-corrected chi connectivity index (χ3v) is 3.21. The predicted molar refractivity (Wildman–Crippen MR) is 72.0 cm³/mol. The van der Waals surface area contributed by atoms with E-state index in [1.54, 1.807) is 0 Å². The van der Waals surface area contributed by atoms with E-state index in [-0.39, 0.29) is 5.76 Å². The third kappa shape index (κ3) is 4.68. The average Bonchev–Trinajstić information content (AvgIpc) is 2.73. The van der Waals surface area contributed by atoms with Gasteiger partial charge in [-0.1, -0.05) is 39.0 Å². The maximum Gasteiger partial charge on any atom is 0.378 e. The molecule has 1 heterocycles. The molecule has 2 unspecified atom stereocenters. The molecule has 3 N–H and O–H groups in total. The Morgan fingerprint density at radius 3 is 2.55 bits per heavy atom. The van der Waals surface area contributed by atoms with E-state index in [1.807, 2.05) is 0 Å². The van der Waals surface area contributed by atoms with Gasteiger partial charge < -0.3 is 24.8 Å². The van der Waals surface area contributed by atoms with E-state index >= 15 is 0 Å². The molecule has 1 rings (SSSR count). The number of unbranched alkanes of at least 4 members (excludes halogenated alkanes) is 5. The van der Waals surface area contributed by atoms with Gasteiger partial charge in [0.2, 0.25) is 5.76 Å². The van der Waals surface area contributed by atoms with Crippen molar-refractivity contribution in [3.8, 4) is 0 Å². The summed E-state index contributed by atoms with van der Waals surface area (Å²) in [4.78, 5) is 11.2. The van der Waals surface area contributed by atoms with Crippen molar-refractivity contribution in [1.29, 1.82) is 0 Å². The number of aliphatic hydroxyl groups excluding tert-OH is 3. The van der Waals surface area contributed by atoms with Crippen LogP contribution in [0.25, 0.3) is 0 Å². The summed E-state index contributed by atoms with van der Waals surface area (Å²) in [5.41, 5.74) is 0. The summed E-state index contributed by atoms with van der Waals surface area (Å²) in [6.45, 7) is 1.92. The molecule has 1 aliphatic rings. The first-order valence-electron chi connectivity index (χ1n) is 7.17. The lowest BCUT2D eigenvalue weighted by Crippen LogP contribution is -2.32. The molecule has 116 valence electrons. The number of cyclic esters (lactones) is 1. The fourth-order valence-electron chi connectivity index (χ4n) is 2.02. The van der Waals surface area contributed by atoms with Crippen LogP contribution in [-0.2, 0) is 14.3 Å². The Labute approximate surface area is 119 Å². The Morgan fingerprint density at radius 2 is 1.90 bits per heavy atom. The van der Waals surface area contributed by atoms with Crippen molar-refractivity contribution < 1.29 is 29.6 Å². The number of rotatable bonds is 10. The molecule has 20 heavy (non-hydrogen) atoms. The Balaban J connectivity index is 2.34. The molecule has 0 saturated heterocycles. The zero-order chi connectivity index (χ0) is 15.0. The van der Waals surface area contributed by atoms with Gasteiger partial charge in [-0.2, -0.15) is 0 Å². The minimum absolute atomic E-state index is 0.0786. The number of carbonyl (C=O) groups excluding carboxylic acids is 1. The van der Waals surface area contributed by atoms with E-state index in [1.165, 1.54) is 19.3 Å². The van der Waals surface area contributed by atoms with Gasteiger partial charge in [0.1, 0.15) is 6.10 Å². The average molecular weight is 288 g/mol. The summed E-state index contributed by atoms with van der Waals surface area (Å²) >= 11 is 0. The zero-order valence-corrected chi connectivity index (χ0v) is 11.9. The van der Waals surface area contributed by atoms with Crippen LogP contribution in [0.1, 0.15) is 45.4 Å². The van der Waals surface area contributed by atoms with Gasteiger partial charge in [-0.15, -0.1) is 0 Å². The van der Waals surface area contributed by atoms with E-state index in [0.29, 0.717) is 6.61 Å². The van der Waals surface area contributed by atoms with Gasteiger partial charge in [-0.3, -0.25) is 0 Å². The molecular formula is C14H24O6. The van der Waals surface area contributed by atoms with Crippen LogP contribution in [0.2, 0.25) is 0 Å². The van der Waals surface area contributed by atoms with Gasteiger partial charge in [-0.05, 0) is 6.42 Å². The lowest BCUT2D eigenvalue weighted by molar-refractivity contribution is -0.148. The first kappa shape index (κ1) is 16.8. The lowest BCUT2D eigenvalue weighted by Gasteiger charge is -2.18. The Hall–Kier alpha value is -1.27. The summed E-state index contributed by atoms with van der Waals surface area (Å²) in [7, 11) is 0. The van der Waals surface area contributed by atoms with Gasteiger partial charge in [0, 0.05) is 0 Å². The third-order valence-electron chi connectivity index (χ3n) is 3.21. The van der Waals surface area contributed by atoms with Crippen LogP contribution in [0.5, 0.6) is 0 Å². The number of hydrogen-bond acceptors (Lipinski definition) is 6. The molecule has 0 saturated carbocycles. The maximum atomic E-state index is 11.2. The molecule has 0 amide bonds. The minimum atomic E-state index is -1.29. The van der Waals surface area contributed by atoms with Crippen LogP contribution in [0.4, 0.5) is 0 Å². The molecule has 0 aromatic carbocycles. The number of hydrogen-bond donors (Lipinski definition) is 3. The fraction of sp³-hybridized carbons (Fsp3) is 0.786. The zero-order valence-electron chi connectivity index (χ0n) is 11.9. The van der Waals surface area contributed by atoms with Crippen LogP contribution in [-0.4, -0.2) is 46.7 Å². The monoisotopic (exact) mass is 288 g/mol. The molecule has 0 aromatic heterocycles. The smallest absolute Gasteiger partial charge is 0.378 e. The Kier molecular flexibility index (Phi) is 7.40. The van der Waals surface area contributed by atoms with E-state index in [9.17, 15) is 15.0 Å². The molecule has 0 spiro atoms. The molecule has 1 aliphatic heterocycles. The van der Waals surface area contributed by atoms with Crippen molar-refractivity contribution in [2.24, 2.45) is 0 Å². The lowest BCUT2D eigenvalue weighted by atomic mass is 10.1. The summed E-state index contributed by atoms with van der Waals surface area (Å²) in [5, 5.41) is 27.9. The highest BCUT2D eigenvalue weighted by Gasteiger charge is 2.40. The first-order valence-corrected chi connectivity index (χ1v) is 7.17. The van der Waals surface area contributed by atoms with E-state index in [4.69, 9.17) is 14.6 Å². The van der Waals surface area contributed by atoms with Gasteiger partial charge in [0.05, 0.1) is 13.2 Å². The number of esters is 1. The SMILES string of the molecule is CCCCCCCCOC1=C(O)C(=O)OC1C(O)CO. The van der Waals surface area contributed by atoms with Crippen molar-refractivity contribution in [2.75, 3.05) is 13.2 Å². The van der Waals surface area contributed by atoms with Crippen molar-refractivity contribution in [3.05, 3.63) is 11.5 Å². The second-order valence-corrected chi connectivity index (χ2v) is 4.90. The largest absolute Gasteiger partial charge is 0.499 e. The first-order chi connectivity index (χ1) is 9.61. The summed E-state index contributed by atoms with van der Waals surface area (Å²) in [5.74, 6) is -1.63. The van der Waals surface area contributed by atoms with E-state index in [0.717, 1.165) is 19.3 Å². The Morgan fingerprint density at radius 1 is 1.25 bits per heavy atom. The van der Waals surface area contributed by atoms with Crippen LogP contribution < -0.4 is 0 Å². The molecular weight excluding hydrogens is 264 g/mol. The minimum Gasteiger partial charge on any atom is -0.499 e. The molecule has 6 heteroatoms. The quantitative estimate of drug-likeness (QED) is 0.415. The topological polar surface area (TPSA) is 96.2 Å². The second-order valence-electron chi connectivity index (χ2n) is 4.90. The number of carbonyl (C=O) groups is 1. The molecule has 0 radical (unpaired) electrons. The highest BCUT2D eigenvalue weighted by molar-refractivity contribution is 5.89.